The number of rotatable bonds is 8. The van der Waals surface area contributed by atoms with Crippen LogP contribution in [0.1, 0.15) is 62.6 Å². The molecule has 2 aliphatic heterocycles. The van der Waals surface area contributed by atoms with Gasteiger partial charge in [-0.1, -0.05) is 36.6 Å². The van der Waals surface area contributed by atoms with Crippen molar-refractivity contribution in [2.24, 2.45) is 11.8 Å². The van der Waals surface area contributed by atoms with Gasteiger partial charge in [0, 0.05) is 32.3 Å². The number of halogens is 2. The van der Waals surface area contributed by atoms with Crippen molar-refractivity contribution in [3.05, 3.63) is 57.2 Å². The van der Waals surface area contributed by atoms with Crippen molar-refractivity contribution in [1.29, 1.82) is 0 Å². The van der Waals surface area contributed by atoms with Gasteiger partial charge in [0.05, 0.1) is 24.5 Å². The van der Waals surface area contributed by atoms with Crippen LogP contribution in [-0.4, -0.2) is 47.5 Å². The molecule has 3 fully saturated rings. The first kappa shape index (κ1) is 23.8. The van der Waals surface area contributed by atoms with E-state index in [0.717, 1.165) is 70.9 Å². The zero-order valence-electron chi connectivity index (χ0n) is 19.6. The van der Waals surface area contributed by atoms with Crippen molar-refractivity contribution in [1.82, 2.24) is 14.7 Å². The lowest BCUT2D eigenvalue weighted by atomic mass is 9.95. The third kappa shape index (κ3) is 5.64. The van der Waals surface area contributed by atoms with Gasteiger partial charge in [0.1, 0.15) is 10.8 Å². The summed E-state index contributed by atoms with van der Waals surface area (Å²) in [5.74, 6) is 1.01. The molecule has 184 valence electrons. The summed E-state index contributed by atoms with van der Waals surface area (Å²) in [6.07, 6.45) is 9.27. The van der Waals surface area contributed by atoms with Crippen molar-refractivity contribution < 1.29 is 9.13 Å². The predicted octanol–water partition coefficient (Wildman–Crippen LogP) is 5.05. The topological polar surface area (TPSA) is 59.4 Å². The lowest BCUT2D eigenvalue weighted by molar-refractivity contribution is 0.0595. The Balaban J connectivity index is 1.22. The van der Waals surface area contributed by atoms with E-state index in [1.165, 1.54) is 18.4 Å². The zero-order valence-corrected chi connectivity index (χ0v) is 20.4. The van der Waals surface area contributed by atoms with E-state index < -0.39 is 0 Å². The molecule has 2 aromatic rings. The lowest BCUT2D eigenvalue weighted by Gasteiger charge is -2.38. The minimum atomic E-state index is -0.224. The molecule has 2 saturated heterocycles. The van der Waals surface area contributed by atoms with Crippen molar-refractivity contribution in [2.45, 2.75) is 57.0 Å². The van der Waals surface area contributed by atoms with Crippen LogP contribution in [0.5, 0.6) is 0 Å². The van der Waals surface area contributed by atoms with E-state index >= 15 is 0 Å². The van der Waals surface area contributed by atoms with Gasteiger partial charge >= 0.3 is 0 Å². The number of nitrogens with one attached hydrogen (secondary N) is 1. The fourth-order valence-corrected chi connectivity index (χ4v) is 5.55. The number of anilines is 1. The van der Waals surface area contributed by atoms with Crippen LogP contribution in [0.2, 0.25) is 5.02 Å². The molecule has 5 rings (SSSR count). The number of ether oxygens (including phenoxy) is 1. The number of nitrogens with zero attached hydrogens (tertiary/aromatic N) is 3. The summed E-state index contributed by atoms with van der Waals surface area (Å²) in [5, 5.41) is 8.00. The second-order valence-electron chi connectivity index (χ2n) is 10.1. The summed E-state index contributed by atoms with van der Waals surface area (Å²) >= 11 is 6.46. The van der Waals surface area contributed by atoms with Gasteiger partial charge in [-0.2, -0.15) is 5.10 Å². The van der Waals surface area contributed by atoms with Crippen LogP contribution < -0.4 is 10.9 Å². The maximum Gasteiger partial charge on any atom is 0.287 e. The molecule has 1 saturated carbocycles. The highest BCUT2D eigenvalue weighted by Crippen LogP contribution is 2.41. The quantitative estimate of drug-likeness (QED) is 0.563. The molecule has 8 heteroatoms. The largest absolute Gasteiger partial charge is 0.382 e. The first-order chi connectivity index (χ1) is 16.6. The first-order valence-electron chi connectivity index (χ1n) is 12.7. The summed E-state index contributed by atoms with van der Waals surface area (Å²) in [5.41, 5.74) is 1.56. The molecule has 0 amide bonds. The second kappa shape index (κ2) is 10.8. The Hall–Kier alpha value is -1.96. The highest BCUT2D eigenvalue weighted by Gasteiger charge is 2.33. The summed E-state index contributed by atoms with van der Waals surface area (Å²) in [6.45, 7) is 4.07. The Morgan fingerprint density at radius 1 is 1.12 bits per heavy atom. The molecule has 1 N–H and O–H groups in total. The molecule has 1 aromatic heterocycles. The number of hydrogen-bond acceptors (Lipinski definition) is 5. The van der Waals surface area contributed by atoms with Gasteiger partial charge in [0.25, 0.3) is 5.56 Å². The van der Waals surface area contributed by atoms with Gasteiger partial charge in [-0.15, -0.1) is 0 Å². The predicted molar refractivity (Wildman–Crippen MR) is 132 cm³/mol. The lowest BCUT2D eigenvalue weighted by Crippen LogP contribution is -2.40. The Kier molecular flexibility index (Phi) is 7.52. The Labute approximate surface area is 205 Å². The van der Waals surface area contributed by atoms with Crippen LogP contribution in [0.15, 0.2) is 35.3 Å². The summed E-state index contributed by atoms with van der Waals surface area (Å²) in [7, 11) is 0. The first-order valence-corrected chi connectivity index (χ1v) is 13.0. The van der Waals surface area contributed by atoms with Crippen LogP contribution in [0.4, 0.5) is 10.1 Å². The van der Waals surface area contributed by atoms with Gasteiger partial charge in [0.2, 0.25) is 0 Å². The average molecular weight is 489 g/mol. The summed E-state index contributed by atoms with van der Waals surface area (Å²) < 4.78 is 20.6. The molecule has 34 heavy (non-hydrogen) atoms. The van der Waals surface area contributed by atoms with Crippen LogP contribution in [0.3, 0.4) is 0 Å². The van der Waals surface area contributed by atoms with Crippen LogP contribution in [0, 0.1) is 17.7 Å². The molecule has 1 aromatic carbocycles. The molecule has 3 heterocycles. The molecule has 3 aliphatic rings. The van der Waals surface area contributed by atoms with E-state index in [1.807, 2.05) is 12.1 Å². The average Bonchev–Trinajstić information content (AvgIpc) is 3.69. The Bertz CT molecular complexity index is 1010. The number of likely N-dealkylation sites (tertiary alicyclic amines) is 1. The number of piperidine rings is 1. The van der Waals surface area contributed by atoms with E-state index in [4.69, 9.17) is 16.3 Å². The molecule has 0 unspecified atom stereocenters. The Morgan fingerprint density at radius 3 is 2.56 bits per heavy atom. The van der Waals surface area contributed by atoms with Gasteiger partial charge < -0.3 is 10.1 Å². The van der Waals surface area contributed by atoms with Gasteiger partial charge in [0.15, 0.2) is 0 Å². The monoisotopic (exact) mass is 488 g/mol. The maximum atomic E-state index is 13.5. The van der Waals surface area contributed by atoms with Crippen molar-refractivity contribution in [3.8, 4) is 0 Å². The van der Waals surface area contributed by atoms with E-state index in [1.54, 1.807) is 23.0 Å². The molecule has 0 radical (unpaired) electrons. The minimum absolute atomic E-state index is 0.0387. The van der Waals surface area contributed by atoms with E-state index in [2.05, 4.69) is 15.3 Å². The molecule has 0 spiro atoms. The fraction of sp³-hybridized carbons (Fsp3) is 0.615. The molecular weight excluding hydrogens is 455 g/mol. The van der Waals surface area contributed by atoms with Crippen LogP contribution >= 0.6 is 11.6 Å². The van der Waals surface area contributed by atoms with E-state index in [-0.39, 0.29) is 22.4 Å². The number of benzene rings is 1. The zero-order chi connectivity index (χ0) is 23.5. The number of hydrogen-bond donors (Lipinski definition) is 1. The van der Waals surface area contributed by atoms with Crippen molar-refractivity contribution >= 4 is 17.3 Å². The third-order valence-electron chi connectivity index (χ3n) is 7.57. The standard InChI is InChI=1S/C26H34ClFN4O2/c27-25-23(29-15-19-2-1-13-34-17-19)16-30-32(26(25)33)22-9-11-31(12-10-22)24(14-18-3-4-18)20-5-7-21(28)8-6-20/h5-8,16,18-19,22,24,29H,1-4,9-15,17H2/t19-,24+/m1/s1. The van der Waals surface area contributed by atoms with Gasteiger partial charge in [-0.25, -0.2) is 9.07 Å². The van der Waals surface area contributed by atoms with E-state index in [0.29, 0.717) is 17.6 Å². The molecule has 2 atom stereocenters. The van der Waals surface area contributed by atoms with Gasteiger partial charge in [-0.3, -0.25) is 9.69 Å². The highest BCUT2D eigenvalue weighted by molar-refractivity contribution is 6.32. The van der Waals surface area contributed by atoms with Gasteiger partial charge in [-0.05, 0) is 61.6 Å². The smallest absolute Gasteiger partial charge is 0.287 e. The Morgan fingerprint density at radius 2 is 1.88 bits per heavy atom. The van der Waals surface area contributed by atoms with Crippen LogP contribution in [0.25, 0.3) is 0 Å². The second-order valence-corrected chi connectivity index (χ2v) is 10.5. The summed E-state index contributed by atoms with van der Waals surface area (Å²) in [4.78, 5) is 15.5. The summed E-state index contributed by atoms with van der Waals surface area (Å²) in [6, 6.07) is 7.31. The highest BCUT2D eigenvalue weighted by atomic mass is 35.5. The molecule has 0 bridgehead atoms. The SMILES string of the molecule is O=c1c(Cl)c(NC[C@H]2CCCOC2)cnn1C1CCN([C@@H](CC2CC2)c2ccc(F)cc2)CC1. The number of aromatic nitrogens is 2. The van der Waals surface area contributed by atoms with Crippen LogP contribution in [-0.2, 0) is 4.74 Å². The van der Waals surface area contributed by atoms with E-state index in [9.17, 15) is 9.18 Å². The fourth-order valence-electron chi connectivity index (χ4n) is 5.34. The minimum Gasteiger partial charge on any atom is -0.382 e. The van der Waals surface area contributed by atoms with Crippen molar-refractivity contribution in [2.75, 3.05) is 38.2 Å². The molecule has 6 nitrogen and oxygen atoms in total. The maximum absolute atomic E-state index is 13.5. The molecule has 1 aliphatic carbocycles. The third-order valence-corrected chi connectivity index (χ3v) is 7.94. The van der Waals surface area contributed by atoms with Crippen molar-refractivity contribution in [3.63, 3.8) is 0 Å². The molecular formula is C26H34ClFN4O2. The normalized spacial score (nSPS) is 23.1.